The number of aromatic nitrogens is 2. The third-order valence-electron chi connectivity index (χ3n) is 6.62. The van der Waals surface area contributed by atoms with Gasteiger partial charge in [0.15, 0.2) is 0 Å². The second-order valence-corrected chi connectivity index (χ2v) is 10.3. The Morgan fingerprint density at radius 3 is 2.29 bits per heavy atom. The van der Waals surface area contributed by atoms with Gasteiger partial charge in [-0.25, -0.2) is 4.79 Å². The lowest BCUT2D eigenvalue weighted by atomic mass is 9.80. The molecule has 34 heavy (non-hydrogen) atoms. The van der Waals surface area contributed by atoms with Gasteiger partial charge in [-0.1, -0.05) is 54.6 Å². The minimum Gasteiger partial charge on any atom is -0.438 e. The van der Waals surface area contributed by atoms with Crippen molar-refractivity contribution in [3.05, 3.63) is 78.1 Å². The van der Waals surface area contributed by atoms with Gasteiger partial charge in [-0.15, -0.1) is 0 Å². The lowest BCUT2D eigenvalue weighted by Gasteiger charge is -2.45. The Balaban J connectivity index is 1.51. The fraction of sp³-hybridized carbons (Fsp3) is 0.429. The van der Waals surface area contributed by atoms with Crippen molar-refractivity contribution in [2.45, 2.75) is 70.7 Å². The van der Waals surface area contributed by atoms with E-state index < -0.39 is 11.2 Å². The molecule has 0 spiro atoms. The van der Waals surface area contributed by atoms with Crippen LogP contribution < -0.4 is 0 Å². The highest BCUT2D eigenvalue weighted by Crippen LogP contribution is 2.42. The molecule has 180 valence electrons. The molecule has 0 bridgehead atoms. The minimum atomic E-state index is -0.969. The van der Waals surface area contributed by atoms with Gasteiger partial charge in [0.05, 0.1) is 17.8 Å². The van der Waals surface area contributed by atoms with Crippen molar-refractivity contribution in [2.75, 3.05) is 6.54 Å². The number of amides is 1. The van der Waals surface area contributed by atoms with Gasteiger partial charge in [-0.2, -0.15) is 5.10 Å². The number of rotatable bonds is 7. The van der Waals surface area contributed by atoms with Gasteiger partial charge in [0.25, 0.3) is 0 Å². The molecule has 1 fully saturated rings. The van der Waals surface area contributed by atoms with Crippen molar-refractivity contribution in [3.8, 4) is 11.1 Å². The Morgan fingerprint density at radius 2 is 1.74 bits per heavy atom. The Labute approximate surface area is 202 Å². The Bertz CT molecular complexity index is 1120. The zero-order chi connectivity index (χ0) is 24.5. The van der Waals surface area contributed by atoms with Gasteiger partial charge in [0.1, 0.15) is 5.60 Å². The lowest BCUT2D eigenvalue weighted by Crippen LogP contribution is -2.51. The number of carbonyl (C=O) groups is 1. The highest BCUT2D eigenvalue weighted by Gasteiger charge is 2.46. The third kappa shape index (κ3) is 5.02. The van der Waals surface area contributed by atoms with Crippen molar-refractivity contribution >= 4 is 6.09 Å². The molecule has 1 amide bonds. The molecule has 1 aliphatic heterocycles. The smallest absolute Gasteiger partial charge is 0.411 e. The number of hydrogen-bond donors (Lipinski definition) is 1. The average molecular weight is 462 g/mol. The van der Waals surface area contributed by atoms with E-state index in [0.29, 0.717) is 25.4 Å². The Kier molecular flexibility index (Phi) is 6.54. The summed E-state index contributed by atoms with van der Waals surface area (Å²) >= 11 is 0. The van der Waals surface area contributed by atoms with E-state index in [1.54, 1.807) is 18.7 Å². The van der Waals surface area contributed by atoms with Crippen molar-refractivity contribution in [2.24, 2.45) is 0 Å². The summed E-state index contributed by atoms with van der Waals surface area (Å²) in [4.78, 5) is 15.0. The zero-order valence-electron chi connectivity index (χ0n) is 20.7. The van der Waals surface area contributed by atoms with E-state index in [0.717, 1.165) is 22.3 Å². The molecule has 2 heterocycles. The molecule has 4 rings (SSSR count). The number of nitrogens with zero attached hydrogens (tertiary/aromatic N) is 3. The van der Waals surface area contributed by atoms with Gasteiger partial charge in [-0.3, -0.25) is 4.68 Å². The fourth-order valence-electron chi connectivity index (χ4n) is 4.79. The molecule has 0 radical (unpaired) electrons. The molecule has 1 unspecified atom stereocenters. The first-order valence-corrected chi connectivity index (χ1v) is 12.0. The summed E-state index contributed by atoms with van der Waals surface area (Å²) in [5, 5.41) is 15.0. The summed E-state index contributed by atoms with van der Waals surface area (Å²) in [5.41, 5.74) is 2.33. The summed E-state index contributed by atoms with van der Waals surface area (Å²) in [6.07, 6.45) is 4.54. The zero-order valence-corrected chi connectivity index (χ0v) is 20.7. The van der Waals surface area contributed by atoms with Crippen LogP contribution in [0.4, 0.5) is 4.79 Å². The molecule has 0 aliphatic carbocycles. The third-order valence-corrected chi connectivity index (χ3v) is 6.62. The molecule has 1 aromatic heterocycles. The molecule has 6 heteroatoms. The highest BCUT2D eigenvalue weighted by atomic mass is 16.6. The predicted molar refractivity (Wildman–Crippen MR) is 133 cm³/mol. The van der Waals surface area contributed by atoms with E-state index in [1.807, 2.05) is 48.1 Å². The first-order valence-electron chi connectivity index (χ1n) is 12.0. The minimum absolute atomic E-state index is 0.129. The SMILES string of the molecule is CC(C)n1cc(-c2ccc([C@H](C)N3CCC(CC(C)(C)O)(c4ccccc4)OC3=O)cc2)cn1. The van der Waals surface area contributed by atoms with Crippen LogP contribution in [0.25, 0.3) is 11.1 Å². The van der Waals surface area contributed by atoms with Crippen LogP contribution in [0.5, 0.6) is 0 Å². The van der Waals surface area contributed by atoms with Gasteiger partial charge < -0.3 is 14.7 Å². The summed E-state index contributed by atoms with van der Waals surface area (Å²) in [7, 11) is 0. The van der Waals surface area contributed by atoms with E-state index in [4.69, 9.17) is 4.74 Å². The maximum Gasteiger partial charge on any atom is 0.411 e. The maximum atomic E-state index is 13.2. The molecule has 1 saturated heterocycles. The first-order chi connectivity index (χ1) is 16.1. The van der Waals surface area contributed by atoms with E-state index >= 15 is 0 Å². The van der Waals surface area contributed by atoms with E-state index in [-0.39, 0.29) is 12.1 Å². The van der Waals surface area contributed by atoms with Crippen LogP contribution in [-0.4, -0.2) is 38.0 Å². The van der Waals surface area contributed by atoms with Crippen molar-refractivity contribution in [1.82, 2.24) is 14.7 Å². The Hall–Kier alpha value is -3.12. The molecule has 0 saturated carbocycles. The van der Waals surface area contributed by atoms with Crippen LogP contribution in [0.2, 0.25) is 0 Å². The number of benzene rings is 2. The maximum absolute atomic E-state index is 13.2. The molecule has 1 N–H and O–H groups in total. The normalized spacial score (nSPS) is 19.9. The molecule has 2 aromatic carbocycles. The van der Waals surface area contributed by atoms with Crippen LogP contribution in [0, 0.1) is 0 Å². The lowest BCUT2D eigenvalue weighted by molar-refractivity contribution is -0.101. The second-order valence-electron chi connectivity index (χ2n) is 10.3. The van der Waals surface area contributed by atoms with E-state index in [2.05, 4.69) is 49.4 Å². The highest BCUT2D eigenvalue weighted by molar-refractivity contribution is 5.70. The second kappa shape index (κ2) is 9.26. The van der Waals surface area contributed by atoms with Crippen molar-refractivity contribution < 1.29 is 14.6 Å². The first kappa shape index (κ1) is 24.0. The van der Waals surface area contributed by atoms with Crippen LogP contribution in [-0.2, 0) is 10.3 Å². The topological polar surface area (TPSA) is 67.6 Å². The number of ether oxygens (including phenoxy) is 1. The fourth-order valence-corrected chi connectivity index (χ4v) is 4.79. The Morgan fingerprint density at radius 1 is 1.06 bits per heavy atom. The van der Waals surface area contributed by atoms with Gasteiger partial charge in [0, 0.05) is 37.2 Å². The number of cyclic esters (lactones) is 1. The molecule has 1 aliphatic rings. The number of carbonyl (C=O) groups excluding carboxylic acids is 1. The molecule has 3 aromatic rings. The number of aliphatic hydroxyl groups is 1. The standard InChI is InChI=1S/C28H35N3O3/c1-20(2)31-18-24(17-29-31)23-13-11-22(12-14-23)21(3)30-16-15-28(34-26(30)32,19-27(4,5)33)25-9-7-6-8-10-25/h6-14,17-18,20-21,33H,15-16,19H2,1-5H3/t21-,28?/m0/s1. The number of hydrogen-bond acceptors (Lipinski definition) is 4. The monoisotopic (exact) mass is 461 g/mol. The molecular weight excluding hydrogens is 426 g/mol. The van der Waals surface area contributed by atoms with Crippen molar-refractivity contribution in [1.29, 1.82) is 0 Å². The summed E-state index contributed by atoms with van der Waals surface area (Å²) < 4.78 is 8.07. The van der Waals surface area contributed by atoms with Crippen LogP contribution >= 0.6 is 0 Å². The van der Waals surface area contributed by atoms with Crippen LogP contribution in [0.3, 0.4) is 0 Å². The quantitative estimate of drug-likeness (QED) is 0.462. The summed E-state index contributed by atoms with van der Waals surface area (Å²) in [6, 6.07) is 18.2. The largest absolute Gasteiger partial charge is 0.438 e. The van der Waals surface area contributed by atoms with Gasteiger partial charge in [0.2, 0.25) is 0 Å². The summed E-state index contributed by atoms with van der Waals surface area (Å²) in [6.45, 7) is 10.3. The van der Waals surface area contributed by atoms with Crippen molar-refractivity contribution in [3.63, 3.8) is 0 Å². The summed E-state index contributed by atoms with van der Waals surface area (Å²) in [5.74, 6) is 0. The predicted octanol–water partition coefficient (Wildman–Crippen LogP) is 6.09. The van der Waals surface area contributed by atoms with E-state index in [1.165, 1.54) is 0 Å². The van der Waals surface area contributed by atoms with Gasteiger partial charge >= 0.3 is 6.09 Å². The van der Waals surface area contributed by atoms with Gasteiger partial charge in [-0.05, 0) is 51.3 Å². The van der Waals surface area contributed by atoms with Crippen LogP contribution in [0.1, 0.15) is 70.7 Å². The molecule has 2 atom stereocenters. The average Bonchev–Trinajstić information content (AvgIpc) is 3.29. The molecule has 6 nitrogen and oxygen atoms in total. The van der Waals surface area contributed by atoms with E-state index in [9.17, 15) is 9.90 Å². The van der Waals surface area contributed by atoms with Crippen LogP contribution in [0.15, 0.2) is 67.0 Å². The molecular formula is C28H35N3O3.